The van der Waals surface area contributed by atoms with E-state index in [4.69, 9.17) is 0 Å². The van der Waals surface area contributed by atoms with Crippen molar-refractivity contribution in [3.63, 3.8) is 0 Å². The molecule has 0 aromatic rings. The Kier molecular flexibility index (Phi) is 29.6. The minimum absolute atomic E-state index is 0.149. The van der Waals surface area contributed by atoms with E-state index in [1.165, 1.54) is 51.4 Å². The zero-order valence-corrected chi connectivity index (χ0v) is 26.0. The van der Waals surface area contributed by atoms with Crippen LogP contribution < -0.4 is 19.6 Å². The SMILES string of the molecule is CCC[CH2][Sn+2][CH2]CCC.CCC[CH2][Sn+2][CH2]CCC.O=P([O-])([O-])C(Cl)P(=O)([O-])[O-]. The summed E-state index contributed by atoms with van der Waals surface area (Å²) < 4.78 is 26.0. The zero-order chi connectivity index (χ0) is 22.5. The van der Waals surface area contributed by atoms with Crippen LogP contribution in [0, 0.1) is 0 Å². The first kappa shape index (κ1) is 34.8. The summed E-state index contributed by atoms with van der Waals surface area (Å²) in [6, 6.07) is 0. The molecule has 0 unspecified atom stereocenters. The van der Waals surface area contributed by atoms with Gasteiger partial charge in [-0.2, -0.15) is 0 Å². The second kappa shape index (κ2) is 23.8. The van der Waals surface area contributed by atoms with Gasteiger partial charge in [-0.15, -0.1) is 11.6 Å². The summed E-state index contributed by atoms with van der Waals surface area (Å²) in [6.07, 6.45) is 11.7. The molecule has 11 heteroatoms. The third-order valence-electron chi connectivity index (χ3n) is 3.35. The first-order valence-electron chi connectivity index (χ1n) is 10.1. The number of hydrogen-bond acceptors (Lipinski definition) is 6. The molecule has 0 spiro atoms. The molecule has 0 aromatic carbocycles. The van der Waals surface area contributed by atoms with Crippen molar-refractivity contribution in [3.05, 3.63) is 0 Å². The molecule has 0 aliphatic carbocycles. The minimum atomic E-state index is -5.50. The summed E-state index contributed by atoms with van der Waals surface area (Å²) in [6.45, 7) is 9.16. The molecule has 0 aliphatic heterocycles. The Morgan fingerprint density at radius 3 is 0.964 bits per heavy atom. The molecular weight excluding hydrogens is 635 g/mol. The van der Waals surface area contributed by atoms with Gasteiger partial charge in [-0.05, 0) is 15.2 Å². The van der Waals surface area contributed by atoms with Crippen molar-refractivity contribution in [1.29, 1.82) is 0 Å². The van der Waals surface area contributed by atoms with Crippen LogP contribution in [0.5, 0.6) is 0 Å². The predicted octanol–water partition coefficient (Wildman–Crippen LogP) is 3.59. The van der Waals surface area contributed by atoms with Crippen molar-refractivity contribution < 1.29 is 28.7 Å². The molecule has 0 saturated heterocycles. The van der Waals surface area contributed by atoms with Crippen molar-refractivity contribution in [1.82, 2.24) is 0 Å². The van der Waals surface area contributed by atoms with Crippen LogP contribution in [0.2, 0.25) is 17.7 Å². The van der Waals surface area contributed by atoms with Gasteiger partial charge in [0.25, 0.3) is 0 Å². The van der Waals surface area contributed by atoms with Gasteiger partial charge in [-0.25, -0.2) is 0 Å². The van der Waals surface area contributed by atoms with Crippen LogP contribution in [0.15, 0.2) is 0 Å². The van der Waals surface area contributed by atoms with Crippen LogP contribution in [0.4, 0.5) is 0 Å². The normalized spacial score (nSPS) is 10.9. The Labute approximate surface area is 198 Å². The Morgan fingerprint density at radius 2 is 0.857 bits per heavy atom. The third kappa shape index (κ3) is 30.4. The molecule has 0 bridgehead atoms. The zero-order valence-electron chi connectivity index (χ0n) is 17.8. The van der Waals surface area contributed by atoms with Gasteiger partial charge in [0, 0.05) is 0 Å². The summed E-state index contributed by atoms with van der Waals surface area (Å²) in [4.78, 5) is 36.1. The number of hydrogen-bond donors (Lipinski definition) is 0. The van der Waals surface area contributed by atoms with E-state index in [1.807, 2.05) is 0 Å². The fourth-order valence-corrected chi connectivity index (χ4v) is 11.3. The minimum Gasteiger partial charge on any atom is -0.809 e. The quantitative estimate of drug-likeness (QED) is 0.120. The van der Waals surface area contributed by atoms with E-state index >= 15 is 0 Å². The Hall–Kier alpha value is 2.19. The first-order chi connectivity index (χ1) is 13.0. The van der Waals surface area contributed by atoms with Crippen molar-refractivity contribution >= 4 is 69.1 Å². The Bertz CT molecular complexity index is 359. The van der Waals surface area contributed by atoms with E-state index < -0.39 is 20.1 Å². The molecule has 0 fully saturated rings. The van der Waals surface area contributed by atoms with Crippen molar-refractivity contribution in [2.24, 2.45) is 0 Å². The average molecular weight is 672 g/mol. The van der Waals surface area contributed by atoms with Gasteiger partial charge in [0.05, 0.1) is 4.86 Å². The summed E-state index contributed by atoms with van der Waals surface area (Å²) >= 11 is 4.76. The molecule has 0 atom stereocenters. The molecule has 0 rings (SSSR count). The number of unbranched alkanes of at least 4 members (excludes halogenated alkanes) is 4. The first-order valence-corrected chi connectivity index (χ1v) is 21.8. The van der Waals surface area contributed by atoms with E-state index in [0.717, 1.165) is 0 Å². The standard InChI is InChI=1S/4C4H9.CH5ClO6P2.2Sn/c4*1-3-4-2;2-1(9(3,4)5)10(6,7)8;;/h4*1,3-4H2,2H3;1H,(H2,3,4,5)(H2,6,7,8);;/q;;;;;2*+2/p-4. The summed E-state index contributed by atoms with van der Waals surface area (Å²) in [5.74, 6) is 0. The van der Waals surface area contributed by atoms with Gasteiger partial charge in [0.1, 0.15) is 0 Å². The molecule has 0 aliphatic rings. The maximum atomic E-state index is 9.75. The van der Waals surface area contributed by atoms with Gasteiger partial charge < -0.3 is 28.7 Å². The smallest absolute Gasteiger partial charge is 0.0879 e. The van der Waals surface area contributed by atoms with Crippen LogP contribution in [0.3, 0.4) is 0 Å². The average Bonchev–Trinajstić information content (AvgIpc) is 2.60. The predicted molar refractivity (Wildman–Crippen MR) is 115 cm³/mol. The number of halogens is 1. The van der Waals surface area contributed by atoms with Crippen molar-refractivity contribution in [2.75, 3.05) is 0 Å². The summed E-state index contributed by atoms with van der Waals surface area (Å²) in [5, 5.41) is 0. The maximum absolute atomic E-state index is 9.75. The van der Waals surface area contributed by atoms with Crippen LogP contribution in [0.25, 0.3) is 0 Å². The Morgan fingerprint density at radius 1 is 0.643 bits per heavy atom. The molecular formula is C17H37ClO6P2Sn2. The summed E-state index contributed by atoms with van der Waals surface area (Å²) in [7, 11) is -11.0. The van der Waals surface area contributed by atoms with Crippen molar-refractivity contribution in [2.45, 2.75) is 102 Å². The fraction of sp³-hybridized carbons (Fsp3) is 1.00. The van der Waals surface area contributed by atoms with Gasteiger partial charge in [0.15, 0.2) is 0 Å². The van der Waals surface area contributed by atoms with E-state index in [1.54, 1.807) is 17.7 Å². The van der Waals surface area contributed by atoms with Crippen LogP contribution >= 0.6 is 26.8 Å². The van der Waals surface area contributed by atoms with E-state index in [9.17, 15) is 28.7 Å². The van der Waals surface area contributed by atoms with Gasteiger partial charge in [-0.1, -0.05) is 0 Å². The van der Waals surface area contributed by atoms with Gasteiger partial charge in [-0.3, -0.25) is 0 Å². The van der Waals surface area contributed by atoms with E-state index in [0.29, 0.717) is 0 Å². The molecule has 28 heavy (non-hydrogen) atoms. The molecule has 0 aromatic heterocycles. The van der Waals surface area contributed by atoms with Crippen LogP contribution in [-0.4, -0.2) is 47.1 Å². The van der Waals surface area contributed by atoms with Crippen LogP contribution in [-0.2, 0) is 9.13 Å². The van der Waals surface area contributed by atoms with E-state index in [-0.39, 0.29) is 42.3 Å². The topological polar surface area (TPSA) is 126 Å². The van der Waals surface area contributed by atoms with Crippen LogP contribution in [0.1, 0.15) is 79.1 Å². The van der Waals surface area contributed by atoms with Gasteiger partial charge >= 0.3 is 139 Å². The second-order valence-corrected chi connectivity index (χ2v) is 19.5. The van der Waals surface area contributed by atoms with Gasteiger partial charge in [0.2, 0.25) is 0 Å². The molecule has 0 N–H and O–H groups in total. The number of rotatable bonds is 14. The van der Waals surface area contributed by atoms with E-state index in [2.05, 4.69) is 39.3 Å². The molecule has 166 valence electrons. The number of alkyl halides is 1. The Balaban J connectivity index is -0.000000336. The largest absolute Gasteiger partial charge is 0.809 e. The monoisotopic (exact) mass is 674 g/mol. The van der Waals surface area contributed by atoms with Crippen molar-refractivity contribution in [3.8, 4) is 0 Å². The molecule has 0 saturated carbocycles. The fourth-order valence-electron chi connectivity index (χ4n) is 1.63. The molecule has 0 radical (unpaired) electrons. The maximum Gasteiger partial charge on any atom is 0.0879 e. The second-order valence-electron chi connectivity index (χ2n) is 6.30. The molecule has 0 amide bonds. The third-order valence-corrected chi connectivity index (χ3v) is 15.6. The summed E-state index contributed by atoms with van der Waals surface area (Å²) in [5.41, 5.74) is 0. The molecule has 6 nitrogen and oxygen atoms in total. The molecule has 0 heterocycles.